The monoisotopic (exact) mass is 340 g/mol. The number of aliphatic hydroxyl groups excluding tert-OH is 1. The van der Waals surface area contributed by atoms with E-state index in [9.17, 15) is 5.11 Å². The molecule has 0 amide bonds. The fraction of sp³-hybridized carbons (Fsp3) is 1.00. The number of unbranched alkanes of at least 4 members (excludes halogenated alkanes) is 15. The molecular formula is C23H48O. The summed E-state index contributed by atoms with van der Waals surface area (Å²) in [5.41, 5.74) is 0. The molecule has 1 heteroatoms. The van der Waals surface area contributed by atoms with E-state index in [-0.39, 0.29) is 0 Å². The highest BCUT2D eigenvalue weighted by molar-refractivity contribution is 4.59. The summed E-state index contributed by atoms with van der Waals surface area (Å²) in [6.07, 6.45) is 26.3. The Bertz CT molecular complexity index is 214. The Balaban J connectivity index is 3.25. The van der Waals surface area contributed by atoms with Gasteiger partial charge in [-0.05, 0) is 18.8 Å². The van der Waals surface area contributed by atoms with Gasteiger partial charge in [-0.25, -0.2) is 0 Å². The van der Waals surface area contributed by atoms with E-state index in [1.807, 2.05) is 0 Å². The predicted molar refractivity (Wildman–Crippen MR) is 110 cm³/mol. The van der Waals surface area contributed by atoms with Crippen molar-refractivity contribution in [2.45, 2.75) is 136 Å². The maximum atomic E-state index is 9.53. The van der Waals surface area contributed by atoms with Crippen LogP contribution in [0.1, 0.15) is 136 Å². The number of aliphatic hydroxyl groups is 1. The second-order valence-corrected chi connectivity index (χ2v) is 7.93. The van der Waals surface area contributed by atoms with E-state index in [0.29, 0.717) is 12.5 Å². The van der Waals surface area contributed by atoms with Crippen LogP contribution >= 0.6 is 0 Å². The zero-order valence-electron chi connectivity index (χ0n) is 17.2. The van der Waals surface area contributed by atoms with Crippen molar-refractivity contribution in [2.24, 2.45) is 5.92 Å². The Hall–Kier alpha value is -0.0400. The standard InChI is InChI=1S/C23H48O/c1-3-5-7-9-11-12-13-14-15-17-19-21-23(22-24)20-18-16-10-8-6-4-2/h23-24H,3-22H2,1-2H3. The van der Waals surface area contributed by atoms with Crippen LogP contribution in [-0.2, 0) is 0 Å². The molecule has 0 fully saturated rings. The van der Waals surface area contributed by atoms with E-state index in [0.717, 1.165) is 0 Å². The van der Waals surface area contributed by atoms with Gasteiger partial charge < -0.3 is 5.11 Å². The normalized spacial score (nSPS) is 12.6. The summed E-state index contributed by atoms with van der Waals surface area (Å²) in [4.78, 5) is 0. The van der Waals surface area contributed by atoms with Crippen molar-refractivity contribution in [3.63, 3.8) is 0 Å². The Morgan fingerprint density at radius 1 is 0.458 bits per heavy atom. The molecule has 0 aliphatic rings. The van der Waals surface area contributed by atoms with E-state index in [4.69, 9.17) is 0 Å². The molecule has 0 aromatic rings. The lowest BCUT2D eigenvalue weighted by Gasteiger charge is -2.13. The highest BCUT2D eigenvalue weighted by atomic mass is 16.3. The molecule has 1 atom stereocenters. The third kappa shape index (κ3) is 18.3. The van der Waals surface area contributed by atoms with E-state index >= 15 is 0 Å². The fourth-order valence-corrected chi connectivity index (χ4v) is 3.64. The van der Waals surface area contributed by atoms with E-state index < -0.39 is 0 Å². The van der Waals surface area contributed by atoms with Crippen molar-refractivity contribution in [3.8, 4) is 0 Å². The lowest BCUT2D eigenvalue weighted by atomic mass is 9.95. The molecule has 0 bridgehead atoms. The van der Waals surface area contributed by atoms with Crippen molar-refractivity contribution >= 4 is 0 Å². The molecule has 0 saturated carbocycles. The lowest BCUT2D eigenvalue weighted by molar-refractivity contribution is 0.204. The van der Waals surface area contributed by atoms with Crippen LogP contribution in [0.4, 0.5) is 0 Å². The van der Waals surface area contributed by atoms with Crippen molar-refractivity contribution in [1.29, 1.82) is 0 Å². The van der Waals surface area contributed by atoms with Gasteiger partial charge in [-0.15, -0.1) is 0 Å². The van der Waals surface area contributed by atoms with Gasteiger partial charge in [0.05, 0.1) is 0 Å². The van der Waals surface area contributed by atoms with Crippen LogP contribution in [0.3, 0.4) is 0 Å². The summed E-state index contributed by atoms with van der Waals surface area (Å²) in [5, 5.41) is 9.53. The average Bonchev–Trinajstić information content (AvgIpc) is 2.60. The van der Waals surface area contributed by atoms with Crippen LogP contribution in [0.15, 0.2) is 0 Å². The van der Waals surface area contributed by atoms with Crippen molar-refractivity contribution < 1.29 is 5.11 Å². The van der Waals surface area contributed by atoms with Gasteiger partial charge in [0, 0.05) is 6.61 Å². The zero-order chi connectivity index (χ0) is 17.7. The SMILES string of the molecule is CCCCCCCCCCCCCC(CO)CCCCCCCC. The molecule has 0 spiro atoms. The second kappa shape index (κ2) is 21.0. The predicted octanol–water partition coefficient (Wildman–Crippen LogP) is 8.05. The van der Waals surface area contributed by atoms with Gasteiger partial charge in [0.1, 0.15) is 0 Å². The van der Waals surface area contributed by atoms with Crippen LogP contribution in [0.2, 0.25) is 0 Å². The fourth-order valence-electron chi connectivity index (χ4n) is 3.64. The Kier molecular flexibility index (Phi) is 21.0. The van der Waals surface area contributed by atoms with Crippen molar-refractivity contribution in [3.05, 3.63) is 0 Å². The molecule has 146 valence electrons. The van der Waals surface area contributed by atoms with Gasteiger partial charge in [-0.3, -0.25) is 0 Å². The highest BCUT2D eigenvalue weighted by Gasteiger charge is 2.06. The average molecular weight is 341 g/mol. The third-order valence-electron chi connectivity index (χ3n) is 5.44. The molecule has 0 aliphatic heterocycles. The number of hydrogen-bond acceptors (Lipinski definition) is 1. The summed E-state index contributed by atoms with van der Waals surface area (Å²) < 4.78 is 0. The van der Waals surface area contributed by atoms with Gasteiger partial charge in [0.25, 0.3) is 0 Å². The van der Waals surface area contributed by atoms with Crippen LogP contribution in [0.5, 0.6) is 0 Å². The molecule has 1 N–H and O–H groups in total. The van der Waals surface area contributed by atoms with Crippen molar-refractivity contribution in [2.75, 3.05) is 6.61 Å². The largest absolute Gasteiger partial charge is 0.396 e. The quantitative estimate of drug-likeness (QED) is 0.222. The molecule has 1 nitrogen and oxygen atoms in total. The molecule has 1 unspecified atom stereocenters. The summed E-state index contributed by atoms with van der Waals surface area (Å²) in [5.74, 6) is 0.578. The van der Waals surface area contributed by atoms with Gasteiger partial charge >= 0.3 is 0 Å². The minimum absolute atomic E-state index is 0.409. The maximum absolute atomic E-state index is 9.53. The second-order valence-electron chi connectivity index (χ2n) is 7.93. The molecular weight excluding hydrogens is 292 g/mol. The summed E-state index contributed by atoms with van der Waals surface area (Å²) in [7, 11) is 0. The summed E-state index contributed by atoms with van der Waals surface area (Å²) >= 11 is 0. The third-order valence-corrected chi connectivity index (χ3v) is 5.44. The Morgan fingerprint density at radius 2 is 0.750 bits per heavy atom. The first-order valence-corrected chi connectivity index (χ1v) is 11.5. The minimum Gasteiger partial charge on any atom is -0.396 e. The molecule has 24 heavy (non-hydrogen) atoms. The highest BCUT2D eigenvalue weighted by Crippen LogP contribution is 2.19. The van der Waals surface area contributed by atoms with Gasteiger partial charge in [-0.2, -0.15) is 0 Å². The van der Waals surface area contributed by atoms with Crippen LogP contribution in [0, 0.1) is 5.92 Å². The molecule has 0 heterocycles. The first-order chi connectivity index (χ1) is 11.8. The van der Waals surface area contributed by atoms with Gasteiger partial charge in [-0.1, -0.05) is 123 Å². The lowest BCUT2D eigenvalue weighted by Crippen LogP contribution is -2.06. The zero-order valence-corrected chi connectivity index (χ0v) is 17.2. The summed E-state index contributed by atoms with van der Waals surface area (Å²) in [6.45, 7) is 4.97. The van der Waals surface area contributed by atoms with Crippen LogP contribution in [0.25, 0.3) is 0 Å². The van der Waals surface area contributed by atoms with Crippen LogP contribution in [-0.4, -0.2) is 11.7 Å². The van der Waals surface area contributed by atoms with E-state index in [1.54, 1.807) is 0 Å². The molecule has 0 saturated heterocycles. The van der Waals surface area contributed by atoms with Crippen molar-refractivity contribution in [1.82, 2.24) is 0 Å². The molecule has 0 aliphatic carbocycles. The molecule has 0 rings (SSSR count). The number of hydrogen-bond donors (Lipinski definition) is 1. The topological polar surface area (TPSA) is 20.2 Å². The molecule has 0 radical (unpaired) electrons. The Morgan fingerprint density at radius 3 is 1.04 bits per heavy atom. The van der Waals surface area contributed by atoms with Gasteiger partial charge in [0.2, 0.25) is 0 Å². The van der Waals surface area contributed by atoms with E-state index in [1.165, 1.54) is 122 Å². The van der Waals surface area contributed by atoms with Gasteiger partial charge in [0.15, 0.2) is 0 Å². The molecule has 0 aromatic carbocycles. The van der Waals surface area contributed by atoms with E-state index in [2.05, 4.69) is 13.8 Å². The summed E-state index contributed by atoms with van der Waals surface area (Å²) in [6, 6.07) is 0. The maximum Gasteiger partial charge on any atom is 0.0459 e. The minimum atomic E-state index is 0.409. The smallest absolute Gasteiger partial charge is 0.0459 e. The number of rotatable bonds is 20. The Labute approximate surface area is 154 Å². The first-order valence-electron chi connectivity index (χ1n) is 11.5. The van der Waals surface area contributed by atoms with Crippen LogP contribution < -0.4 is 0 Å². The molecule has 0 aromatic heterocycles. The first kappa shape index (κ1) is 24.0.